The number of fused-ring (bicyclic) bond motifs is 1. The van der Waals surface area contributed by atoms with E-state index in [0.717, 1.165) is 22.2 Å². The van der Waals surface area contributed by atoms with Gasteiger partial charge in [0.05, 0.1) is 0 Å². The van der Waals surface area contributed by atoms with Gasteiger partial charge in [0, 0.05) is 17.3 Å². The predicted octanol–water partition coefficient (Wildman–Crippen LogP) is 2.90. The van der Waals surface area contributed by atoms with Crippen molar-refractivity contribution in [3.63, 3.8) is 0 Å². The van der Waals surface area contributed by atoms with Gasteiger partial charge in [0.25, 0.3) is 0 Å². The van der Waals surface area contributed by atoms with Crippen molar-refractivity contribution in [1.29, 1.82) is 0 Å². The third-order valence-corrected chi connectivity index (χ3v) is 2.30. The highest BCUT2D eigenvalue weighted by Gasteiger charge is 2.03. The van der Waals surface area contributed by atoms with Crippen molar-refractivity contribution >= 4 is 22.5 Å². The molecule has 0 fully saturated rings. The zero-order valence-corrected chi connectivity index (χ0v) is 8.26. The largest absolute Gasteiger partial charge is 0.250 e. The van der Waals surface area contributed by atoms with Gasteiger partial charge >= 0.3 is 0 Å². The molecule has 3 heteroatoms. The lowest BCUT2D eigenvalue weighted by Gasteiger charge is -2.02. The van der Waals surface area contributed by atoms with Crippen LogP contribution in [0.5, 0.6) is 0 Å². The Morgan fingerprint density at radius 3 is 2.77 bits per heavy atom. The van der Waals surface area contributed by atoms with Crippen LogP contribution in [0.1, 0.15) is 11.3 Å². The summed E-state index contributed by atoms with van der Waals surface area (Å²) in [4.78, 5) is 8.39. The Morgan fingerprint density at radius 2 is 2.00 bits per heavy atom. The van der Waals surface area contributed by atoms with E-state index in [-0.39, 0.29) is 0 Å². The number of nitrogens with zero attached hydrogens (tertiary/aromatic N) is 2. The number of pyridine rings is 2. The molecule has 0 unspecified atom stereocenters. The van der Waals surface area contributed by atoms with Gasteiger partial charge in [0.15, 0.2) is 5.15 Å². The van der Waals surface area contributed by atoms with Crippen molar-refractivity contribution in [2.75, 3.05) is 0 Å². The molecule has 2 aromatic heterocycles. The van der Waals surface area contributed by atoms with Crippen molar-refractivity contribution in [1.82, 2.24) is 9.97 Å². The van der Waals surface area contributed by atoms with Crippen LogP contribution in [0.2, 0.25) is 5.15 Å². The van der Waals surface area contributed by atoms with Crippen molar-refractivity contribution < 1.29 is 0 Å². The molecule has 0 saturated heterocycles. The lowest BCUT2D eigenvalue weighted by molar-refractivity contribution is 1.21. The Morgan fingerprint density at radius 1 is 1.23 bits per heavy atom. The molecule has 0 atom stereocenters. The predicted molar refractivity (Wildman–Crippen MR) is 54.0 cm³/mol. The number of aryl methyl sites for hydroxylation is 2. The molecule has 2 rings (SSSR count). The maximum Gasteiger partial charge on any atom is 0.155 e. The molecule has 0 spiro atoms. The first-order valence-electron chi connectivity index (χ1n) is 4.07. The van der Waals surface area contributed by atoms with E-state index in [0.29, 0.717) is 5.15 Å². The first-order chi connectivity index (χ1) is 6.18. The summed E-state index contributed by atoms with van der Waals surface area (Å²) in [5.41, 5.74) is 2.86. The third-order valence-electron chi connectivity index (χ3n) is 2.03. The molecular weight excluding hydrogens is 184 g/mol. The molecule has 13 heavy (non-hydrogen) atoms. The Bertz CT molecular complexity index is 466. The Balaban J connectivity index is 2.92. The average molecular weight is 193 g/mol. The highest BCUT2D eigenvalue weighted by molar-refractivity contribution is 6.33. The van der Waals surface area contributed by atoms with Crippen molar-refractivity contribution in [3.05, 3.63) is 34.7 Å². The van der Waals surface area contributed by atoms with E-state index in [4.69, 9.17) is 11.6 Å². The highest BCUT2D eigenvalue weighted by Crippen LogP contribution is 2.21. The van der Waals surface area contributed by atoms with Gasteiger partial charge in [-0.15, -0.1) is 0 Å². The molecule has 0 radical (unpaired) electrons. The van der Waals surface area contributed by atoms with Crippen LogP contribution >= 0.6 is 11.6 Å². The van der Waals surface area contributed by atoms with Crippen LogP contribution < -0.4 is 0 Å². The van der Waals surface area contributed by atoms with Crippen LogP contribution in [0.15, 0.2) is 18.3 Å². The summed E-state index contributed by atoms with van der Waals surface area (Å²) >= 11 is 5.93. The minimum atomic E-state index is 0.476. The van der Waals surface area contributed by atoms with Crippen molar-refractivity contribution in [2.24, 2.45) is 0 Å². The third kappa shape index (κ3) is 1.38. The van der Waals surface area contributed by atoms with E-state index < -0.39 is 0 Å². The Labute approximate surface area is 81.6 Å². The molecule has 66 valence electrons. The summed E-state index contributed by atoms with van der Waals surface area (Å²) in [6.07, 6.45) is 1.77. The number of halogens is 1. The highest BCUT2D eigenvalue weighted by atomic mass is 35.5. The SMILES string of the molecule is Cc1ccc2c(C)cnc(Cl)c2n1. The Kier molecular flexibility index (Phi) is 1.93. The zero-order valence-electron chi connectivity index (χ0n) is 7.50. The van der Waals surface area contributed by atoms with Crippen LogP contribution in [0.25, 0.3) is 10.9 Å². The normalized spacial score (nSPS) is 10.7. The molecule has 0 N–H and O–H groups in total. The maximum atomic E-state index is 5.93. The zero-order chi connectivity index (χ0) is 9.42. The van der Waals surface area contributed by atoms with Crippen molar-refractivity contribution in [2.45, 2.75) is 13.8 Å². The summed E-state index contributed by atoms with van der Waals surface area (Å²) in [5, 5.41) is 1.55. The number of rotatable bonds is 0. The summed E-state index contributed by atoms with van der Waals surface area (Å²) in [7, 11) is 0. The van der Waals surface area contributed by atoms with Crippen molar-refractivity contribution in [3.8, 4) is 0 Å². The molecule has 0 aromatic carbocycles. The minimum Gasteiger partial charge on any atom is -0.250 e. The summed E-state index contributed by atoms with van der Waals surface area (Å²) in [6, 6.07) is 4.01. The number of aromatic nitrogens is 2. The first-order valence-corrected chi connectivity index (χ1v) is 4.45. The Hall–Kier alpha value is -1.15. The fourth-order valence-corrected chi connectivity index (χ4v) is 1.51. The van der Waals surface area contributed by atoms with Gasteiger partial charge < -0.3 is 0 Å². The smallest absolute Gasteiger partial charge is 0.155 e. The van der Waals surface area contributed by atoms with E-state index in [1.54, 1.807) is 6.20 Å². The fourth-order valence-electron chi connectivity index (χ4n) is 1.32. The lowest BCUT2D eigenvalue weighted by atomic mass is 10.1. The molecule has 2 nitrogen and oxygen atoms in total. The van der Waals surface area contributed by atoms with Gasteiger partial charge in [-0.25, -0.2) is 9.97 Å². The van der Waals surface area contributed by atoms with Gasteiger partial charge in [-0.2, -0.15) is 0 Å². The molecule has 2 aromatic rings. The van der Waals surface area contributed by atoms with E-state index in [1.165, 1.54) is 0 Å². The second-order valence-corrected chi connectivity index (χ2v) is 3.44. The molecule has 0 bridgehead atoms. The molecule has 2 heterocycles. The van der Waals surface area contributed by atoms with Crippen LogP contribution in [0.4, 0.5) is 0 Å². The maximum absolute atomic E-state index is 5.93. The van der Waals surface area contributed by atoms with E-state index in [2.05, 4.69) is 9.97 Å². The standard InChI is InChI=1S/C10H9ClN2/c1-6-5-12-10(11)9-8(6)4-3-7(2)13-9/h3-5H,1-2H3. The molecular formula is C10H9ClN2. The topological polar surface area (TPSA) is 25.8 Å². The van der Waals surface area contributed by atoms with Crippen LogP contribution in [0, 0.1) is 13.8 Å². The lowest BCUT2D eigenvalue weighted by Crippen LogP contribution is -1.89. The molecule has 0 saturated carbocycles. The number of hydrogen-bond donors (Lipinski definition) is 0. The monoisotopic (exact) mass is 192 g/mol. The van der Waals surface area contributed by atoms with Crippen LogP contribution in [-0.2, 0) is 0 Å². The van der Waals surface area contributed by atoms with Gasteiger partial charge in [-0.05, 0) is 25.5 Å². The quantitative estimate of drug-likeness (QED) is 0.600. The minimum absolute atomic E-state index is 0.476. The average Bonchev–Trinajstić information content (AvgIpc) is 2.12. The van der Waals surface area contributed by atoms with E-state index >= 15 is 0 Å². The number of hydrogen-bond acceptors (Lipinski definition) is 2. The molecule has 0 aliphatic rings. The van der Waals surface area contributed by atoms with Gasteiger partial charge in [-0.1, -0.05) is 17.7 Å². The fraction of sp³-hybridized carbons (Fsp3) is 0.200. The van der Waals surface area contributed by atoms with E-state index in [1.807, 2.05) is 26.0 Å². The summed E-state index contributed by atoms with van der Waals surface area (Å²) in [6.45, 7) is 3.95. The first kappa shape index (κ1) is 8.45. The molecule has 0 amide bonds. The van der Waals surface area contributed by atoms with Gasteiger partial charge in [-0.3, -0.25) is 0 Å². The van der Waals surface area contributed by atoms with Gasteiger partial charge in [0.2, 0.25) is 0 Å². The van der Waals surface area contributed by atoms with Crippen LogP contribution in [0.3, 0.4) is 0 Å². The molecule has 0 aliphatic carbocycles. The molecule has 0 aliphatic heterocycles. The summed E-state index contributed by atoms with van der Waals surface area (Å²) < 4.78 is 0. The second-order valence-electron chi connectivity index (χ2n) is 3.08. The van der Waals surface area contributed by atoms with Gasteiger partial charge in [0.1, 0.15) is 5.52 Å². The summed E-state index contributed by atoms with van der Waals surface area (Å²) in [5.74, 6) is 0. The van der Waals surface area contributed by atoms with Crippen LogP contribution in [-0.4, -0.2) is 9.97 Å². The second kappa shape index (κ2) is 2.96. The van der Waals surface area contributed by atoms with E-state index in [9.17, 15) is 0 Å².